The predicted octanol–water partition coefficient (Wildman–Crippen LogP) is 3.16. The van der Waals surface area contributed by atoms with Crippen molar-refractivity contribution < 1.29 is 29.0 Å². The molecule has 3 aliphatic rings. The van der Waals surface area contributed by atoms with Crippen LogP contribution < -0.4 is 10.6 Å². The molecule has 0 radical (unpaired) electrons. The lowest BCUT2D eigenvalue weighted by Gasteiger charge is -2.40. The smallest absolute Gasteiger partial charge is 0.407 e. The van der Waals surface area contributed by atoms with Crippen LogP contribution in [0.1, 0.15) is 36.3 Å². The third kappa shape index (κ3) is 4.89. The molecule has 2 aromatic carbocycles. The van der Waals surface area contributed by atoms with Crippen molar-refractivity contribution in [3.8, 4) is 11.1 Å². The van der Waals surface area contributed by atoms with E-state index < -0.39 is 12.1 Å². The van der Waals surface area contributed by atoms with Crippen molar-refractivity contribution in [2.75, 3.05) is 26.4 Å². The maximum Gasteiger partial charge on any atom is 0.407 e. The second-order valence-electron chi connectivity index (χ2n) is 9.65. The number of carbonyl (C=O) groups excluding carboxylic acids is 2. The highest BCUT2D eigenvalue weighted by Gasteiger charge is 2.49. The lowest BCUT2D eigenvalue weighted by molar-refractivity contribution is -0.141. The average molecular weight is 479 g/mol. The summed E-state index contributed by atoms with van der Waals surface area (Å²) in [4.78, 5) is 35.5. The minimum Gasteiger partial charge on any atom is -0.481 e. The summed E-state index contributed by atoms with van der Waals surface area (Å²) in [6.45, 7) is 0.575. The van der Waals surface area contributed by atoms with Crippen LogP contribution in [0.25, 0.3) is 11.1 Å². The molecule has 0 saturated heterocycles. The SMILES string of the molecule is O=C(COCCNC(=O)OCC1c2ccccc2-c2ccccc21)N[C@@H]1C[C@@H]2CC(C(=O)O)C[C@@H]21. The van der Waals surface area contributed by atoms with Crippen LogP contribution >= 0.6 is 0 Å². The molecular formula is C27H30N2O6. The Morgan fingerprint density at radius 2 is 1.63 bits per heavy atom. The highest BCUT2D eigenvalue weighted by atomic mass is 16.5. The summed E-state index contributed by atoms with van der Waals surface area (Å²) < 4.78 is 10.9. The highest BCUT2D eigenvalue weighted by molar-refractivity contribution is 5.79. The van der Waals surface area contributed by atoms with E-state index in [9.17, 15) is 19.5 Å². The number of carboxylic acids is 1. The van der Waals surface area contributed by atoms with E-state index in [1.807, 2.05) is 24.3 Å². The minimum atomic E-state index is -0.739. The van der Waals surface area contributed by atoms with Crippen LogP contribution in [0.2, 0.25) is 0 Å². The fraction of sp³-hybridized carbons (Fsp3) is 0.444. The van der Waals surface area contributed by atoms with E-state index in [0.717, 1.165) is 17.5 Å². The molecule has 3 aliphatic carbocycles. The van der Waals surface area contributed by atoms with Crippen molar-refractivity contribution in [3.63, 3.8) is 0 Å². The number of hydrogen-bond acceptors (Lipinski definition) is 5. The molecule has 0 spiro atoms. The third-order valence-corrected chi connectivity index (χ3v) is 7.61. The molecule has 0 heterocycles. The normalized spacial score (nSPS) is 24.0. The van der Waals surface area contributed by atoms with Crippen LogP contribution in [-0.2, 0) is 19.1 Å². The average Bonchev–Trinajstić information content (AvgIpc) is 3.36. The van der Waals surface area contributed by atoms with Gasteiger partial charge in [0.25, 0.3) is 0 Å². The fourth-order valence-electron chi connectivity index (χ4n) is 5.88. The first-order valence-electron chi connectivity index (χ1n) is 12.2. The Hall–Kier alpha value is -3.39. The second-order valence-corrected chi connectivity index (χ2v) is 9.65. The number of amides is 2. The van der Waals surface area contributed by atoms with Crippen molar-refractivity contribution in [3.05, 3.63) is 59.7 Å². The monoisotopic (exact) mass is 478 g/mol. The Morgan fingerprint density at radius 1 is 0.943 bits per heavy atom. The number of carboxylic acid groups (broad SMARTS) is 1. The summed E-state index contributed by atoms with van der Waals surface area (Å²) in [5, 5.41) is 14.8. The Morgan fingerprint density at radius 3 is 2.31 bits per heavy atom. The van der Waals surface area contributed by atoms with E-state index in [2.05, 4.69) is 34.9 Å². The zero-order valence-electron chi connectivity index (χ0n) is 19.4. The molecule has 184 valence electrons. The van der Waals surface area contributed by atoms with Gasteiger partial charge in [0.1, 0.15) is 13.2 Å². The van der Waals surface area contributed by atoms with E-state index >= 15 is 0 Å². The van der Waals surface area contributed by atoms with Gasteiger partial charge in [-0.25, -0.2) is 4.79 Å². The van der Waals surface area contributed by atoms with Crippen molar-refractivity contribution in [1.82, 2.24) is 10.6 Å². The van der Waals surface area contributed by atoms with E-state index in [1.165, 1.54) is 11.1 Å². The van der Waals surface area contributed by atoms with Gasteiger partial charge in [0.2, 0.25) is 5.91 Å². The molecule has 2 fully saturated rings. The number of rotatable bonds is 9. The van der Waals surface area contributed by atoms with Gasteiger partial charge in [-0.3, -0.25) is 9.59 Å². The van der Waals surface area contributed by atoms with Crippen molar-refractivity contribution >= 4 is 18.0 Å². The molecule has 2 aromatic rings. The van der Waals surface area contributed by atoms with Crippen molar-refractivity contribution in [2.24, 2.45) is 17.8 Å². The van der Waals surface area contributed by atoms with E-state index in [0.29, 0.717) is 18.8 Å². The van der Waals surface area contributed by atoms with Crippen LogP contribution in [0.15, 0.2) is 48.5 Å². The van der Waals surface area contributed by atoms with Gasteiger partial charge in [-0.15, -0.1) is 0 Å². The zero-order chi connectivity index (χ0) is 24.4. The van der Waals surface area contributed by atoms with Crippen molar-refractivity contribution in [1.29, 1.82) is 0 Å². The Kier molecular flexibility index (Phi) is 6.72. The number of hydrogen-bond donors (Lipinski definition) is 3. The van der Waals surface area contributed by atoms with Gasteiger partial charge >= 0.3 is 12.1 Å². The zero-order valence-corrected chi connectivity index (χ0v) is 19.4. The lowest BCUT2D eigenvalue weighted by Crippen LogP contribution is -2.51. The van der Waals surface area contributed by atoms with Gasteiger partial charge in [0.05, 0.1) is 12.5 Å². The molecule has 1 unspecified atom stereocenters. The predicted molar refractivity (Wildman–Crippen MR) is 128 cm³/mol. The molecule has 0 aliphatic heterocycles. The molecule has 2 amide bonds. The summed E-state index contributed by atoms with van der Waals surface area (Å²) in [5.41, 5.74) is 4.67. The summed E-state index contributed by atoms with van der Waals surface area (Å²) in [5.74, 6) is -0.568. The molecule has 8 heteroatoms. The first-order valence-corrected chi connectivity index (χ1v) is 12.2. The summed E-state index contributed by atoms with van der Waals surface area (Å²) in [6.07, 6.45) is 1.67. The number of nitrogens with one attached hydrogen (secondary N) is 2. The Balaban J connectivity index is 0.983. The Bertz CT molecular complexity index is 1070. The highest BCUT2D eigenvalue weighted by Crippen LogP contribution is 2.49. The summed E-state index contributed by atoms with van der Waals surface area (Å²) in [7, 11) is 0. The largest absolute Gasteiger partial charge is 0.481 e. The van der Waals surface area contributed by atoms with Gasteiger partial charge in [-0.05, 0) is 53.4 Å². The first kappa shape index (κ1) is 23.4. The first-order chi connectivity index (χ1) is 17.0. The number of aliphatic carboxylic acids is 1. The van der Waals surface area contributed by atoms with Crippen molar-refractivity contribution in [2.45, 2.75) is 31.2 Å². The van der Waals surface area contributed by atoms with E-state index in [1.54, 1.807) is 0 Å². The van der Waals surface area contributed by atoms with Gasteiger partial charge in [-0.2, -0.15) is 0 Å². The lowest BCUT2D eigenvalue weighted by atomic mass is 9.71. The molecule has 0 aromatic heterocycles. The van der Waals surface area contributed by atoms with Crippen LogP contribution in [-0.4, -0.2) is 55.5 Å². The molecular weight excluding hydrogens is 448 g/mol. The van der Waals surface area contributed by atoms with Gasteiger partial charge < -0.3 is 25.2 Å². The summed E-state index contributed by atoms with van der Waals surface area (Å²) in [6, 6.07) is 16.4. The van der Waals surface area contributed by atoms with Crippen LogP contribution in [0.3, 0.4) is 0 Å². The topological polar surface area (TPSA) is 114 Å². The van der Waals surface area contributed by atoms with Crippen LogP contribution in [0.5, 0.6) is 0 Å². The number of alkyl carbamates (subject to hydrolysis) is 1. The third-order valence-electron chi connectivity index (χ3n) is 7.61. The van der Waals surface area contributed by atoms with E-state index in [-0.39, 0.29) is 56.1 Å². The molecule has 5 rings (SSSR count). The van der Waals surface area contributed by atoms with Gasteiger partial charge in [0, 0.05) is 18.5 Å². The molecule has 3 N–H and O–H groups in total. The maximum atomic E-state index is 12.2. The number of carbonyl (C=O) groups is 3. The number of ether oxygens (including phenoxy) is 2. The standard InChI is InChI=1S/C27H30N2O6/c30-25(29-24-13-16-11-17(26(31)32)12-22(16)24)15-34-10-9-28-27(33)35-14-23-20-7-3-1-5-18(20)19-6-2-4-8-21(19)23/h1-8,16-17,22-24H,9-15H2,(H,28,33)(H,29,30)(H,31,32)/t16-,17?,22-,24+/m0/s1. The second kappa shape index (κ2) is 10.1. The minimum absolute atomic E-state index is 0.00449. The summed E-state index contributed by atoms with van der Waals surface area (Å²) >= 11 is 0. The molecule has 8 nitrogen and oxygen atoms in total. The van der Waals surface area contributed by atoms with Gasteiger partial charge in [-0.1, -0.05) is 48.5 Å². The Labute approximate surface area is 204 Å². The molecule has 0 bridgehead atoms. The fourth-order valence-corrected chi connectivity index (χ4v) is 5.88. The maximum absolute atomic E-state index is 12.2. The molecule has 2 saturated carbocycles. The van der Waals surface area contributed by atoms with Crippen LogP contribution in [0.4, 0.5) is 4.79 Å². The van der Waals surface area contributed by atoms with Crippen LogP contribution in [0, 0.1) is 17.8 Å². The number of fused-ring (bicyclic) bond motifs is 4. The number of benzene rings is 2. The quantitative estimate of drug-likeness (QED) is 0.477. The molecule has 4 atom stereocenters. The van der Waals surface area contributed by atoms with Gasteiger partial charge in [0.15, 0.2) is 0 Å². The molecule has 35 heavy (non-hydrogen) atoms. The van der Waals surface area contributed by atoms with E-state index in [4.69, 9.17) is 9.47 Å².